The van der Waals surface area contributed by atoms with Crippen LogP contribution in [0.25, 0.3) is 21.6 Å². The second-order valence-electron chi connectivity index (χ2n) is 8.27. The molecule has 0 bridgehead atoms. The molecule has 2 aliphatic heterocycles. The molecule has 3 aromatic rings. The Kier molecular flexibility index (Phi) is 5.70. The molecule has 3 aromatic heterocycles. The number of fused-ring (bicyclic) bond motifs is 1. The first-order valence-corrected chi connectivity index (χ1v) is 13.3. The van der Waals surface area contributed by atoms with Gasteiger partial charge < -0.3 is 15.4 Å². The van der Waals surface area contributed by atoms with E-state index in [-0.39, 0.29) is 17.3 Å². The summed E-state index contributed by atoms with van der Waals surface area (Å²) in [6.07, 6.45) is 5.26. The number of nitrogens with zero attached hydrogens (tertiary/aromatic N) is 6. The fraction of sp³-hybridized carbons (Fsp3) is 0.500. The van der Waals surface area contributed by atoms with E-state index in [1.165, 1.54) is 6.26 Å². The maximum Gasteiger partial charge on any atom is 0.219 e. The quantitative estimate of drug-likeness (QED) is 0.572. The predicted molar refractivity (Wildman–Crippen MR) is 124 cm³/mol. The molecule has 2 saturated heterocycles. The molecular weight excluding hydrogens is 450 g/mol. The predicted octanol–water partition coefficient (Wildman–Crippen LogP) is 1.05. The summed E-state index contributed by atoms with van der Waals surface area (Å²) in [5.41, 5.74) is 7.21. The Balaban J connectivity index is 1.37. The van der Waals surface area contributed by atoms with E-state index in [9.17, 15) is 8.42 Å². The maximum atomic E-state index is 11.9. The highest BCUT2D eigenvalue weighted by Gasteiger charge is 2.33. The van der Waals surface area contributed by atoms with Crippen LogP contribution < -0.4 is 10.6 Å². The summed E-state index contributed by atoms with van der Waals surface area (Å²) in [4.78, 5) is 22.1. The zero-order chi connectivity index (χ0) is 22.3. The molecule has 0 aromatic carbocycles. The van der Waals surface area contributed by atoms with Gasteiger partial charge in [-0.2, -0.15) is 0 Å². The van der Waals surface area contributed by atoms with Crippen LogP contribution in [-0.4, -0.2) is 90.2 Å². The van der Waals surface area contributed by atoms with Crippen molar-refractivity contribution in [3.05, 3.63) is 23.8 Å². The molecule has 2 N–H and O–H groups in total. The highest BCUT2D eigenvalue weighted by Crippen LogP contribution is 2.32. The minimum atomic E-state index is -3.01. The molecule has 2 unspecified atom stereocenters. The van der Waals surface area contributed by atoms with Crippen molar-refractivity contribution in [1.29, 1.82) is 0 Å². The van der Waals surface area contributed by atoms with Crippen molar-refractivity contribution < 1.29 is 13.2 Å². The first-order chi connectivity index (χ1) is 15.4. The molecule has 5 heterocycles. The Labute approximate surface area is 190 Å². The lowest BCUT2D eigenvalue weighted by molar-refractivity contribution is 0.0201. The van der Waals surface area contributed by atoms with Crippen LogP contribution in [0.1, 0.15) is 6.42 Å². The van der Waals surface area contributed by atoms with Crippen LogP contribution in [0, 0.1) is 0 Å². The van der Waals surface area contributed by atoms with Crippen LogP contribution in [0.5, 0.6) is 0 Å². The molecule has 12 heteroatoms. The van der Waals surface area contributed by atoms with Gasteiger partial charge in [-0.25, -0.2) is 28.4 Å². The van der Waals surface area contributed by atoms with Crippen molar-refractivity contribution in [3.8, 4) is 11.4 Å². The Bertz CT molecular complexity index is 1220. The van der Waals surface area contributed by atoms with Crippen molar-refractivity contribution >= 4 is 43.2 Å². The van der Waals surface area contributed by atoms with Gasteiger partial charge in [0, 0.05) is 44.8 Å². The zero-order valence-corrected chi connectivity index (χ0v) is 19.3. The molecular formula is C20H25N7O3S2. The van der Waals surface area contributed by atoms with Gasteiger partial charge in [0.05, 0.1) is 33.7 Å². The average molecular weight is 476 g/mol. The number of morpholine rings is 1. The summed E-state index contributed by atoms with van der Waals surface area (Å²) in [5.74, 6) is 1.65. The van der Waals surface area contributed by atoms with Crippen molar-refractivity contribution in [2.45, 2.75) is 17.8 Å². The molecule has 0 spiro atoms. The third-order valence-electron chi connectivity index (χ3n) is 5.95. The smallest absolute Gasteiger partial charge is 0.219 e. The molecule has 2 aliphatic rings. The van der Waals surface area contributed by atoms with E-state index >= 15 is 0 Å². The third kappa shape index (κ3) is 4.40. The molecule has 0 aliphatic carbocycles. The Morgan fingerprint density at radius 3 is 2.78 bits per heavy atom. The number of thiophene rings is 1. The summed E-state index contributed by atoms with van der Waals surface area (Å²) in [6, 6.07) is 1.99. The summed E-state index contributed by atoms with van der Waals surface area (Å²) >= 11 is 1.62. The Morgan fingerprint density at radius 1 is 1.22 bits per heavy atom. The van der Waals surface area contributed by atoms with Gasteiger partial charge in [-0.3, -0.25) is 4.90 Å². The summed E-state index contributed by atoms with van der Waals surface area (Å²) in [6.45, 7) is 4.06. The monoisotopic (exact) mass is 475 g/mol. The first kappa shape index (κ1) is 21.4. The van der Waals surface area contributed by atoms with Crippen LogP contribution >= 0.6 is 11.3 Å². The topological polar surface area (TPSA) is 127 Å². The number of nitrogens with two attached hydrogens (primary N) is 1. The van der Waals surface area contributed by atoms with Crippen molar-refractivity contribution in [1.82, 2.24) is 24.8 Å². The Morgan fingerprint density at radius 2 is 2.03 bits per heavy atom. The largest absolute Gasteiger partial charge is 0.373 e. The molecule has 32 heavy (non-hydrogen) atoms. The minimum absolute atomic E-state index is 0.0182. The lowest BCUT2D eigenvalue weighted by Crippen LogP contribution is -2.48. The zero-order valence-electron chi connectivity index (χ0n) is 17.7. The number of anilines is 2. The van der Waals surface area contributed by atoms with Gasteiger partial charge in [-0.15, -0.1) is 11.3 Å². The van der Waals surface area contributed by atoms with E-state index in [4.69, 9.17) is 15.5 Å². The molecule has 0 saturated carbocycles. The Hall–Kier alpha value is -2.41. The van der Waals surface area contributed by atoms with Crippen LogP contribution in [0.15, 0.2) is 23.8 Å². The average Bonchev–Trinajstić information content (AvgIpc) is 3.43. The number of likely N-dealkylation sites (tertiary alicyclic amines) is 1. The van der Waals surface area contributed by atoms with E-state index in [2.05, 4.69) is 24.8 Å². The fourth-order valence-electron chi connectivity index (χ4n) is 4.27. The lowest BCUT2D eigenvalue weighted by Gasteiger charge is -2.35. The number of sulfone groups is 1. The second-order valence-corrected chi connectivity index (χ2v) is 11.5. The number of hydrogen-bond donors (Lipinski definition) is 1. The van der Waals surface area contributed by atoms with E-state index in [1.807, 2.05) is 11.4 Å². The van der Waals surface area contributed by atoms with Gasteiger partial charge in [-0.05, 0) is 24.4 Å². The SMILES string of the molecule is CS(=O)(=O)C1CCN(CC2CN(c3nc(-c4cnc(N)nc4)nc4ccsc34)CCO2)C1. The van der Waals surface area contributed by atoms with Crippen molar-refractivity contribution in [3.63, 3.8) is 0 Å². The van der Waals surface area contributed by atoms with E-state index in [0.29, 0.717) is 44.0 Å². The summed E-state index contributed by atoms with van der Waals surface area (Å²) in [5, 5.41) is 1.74. The van der Waals surface area contributed by atoms with E-state index in [0.717, 1.165) is 29.1 Å². The second kappa shape index (κ2) is 8.50. The summed E-state index contributed by atoms with van der Waals surface area (Å²) in [7, 11) is -3.01. The van der Waals surface area contributed by atoms with Crippen LogP contribution in [-0.2, 0) is 14.6 Å². The van der Waals surface area contributed by atoms with Crippen LogP contribution in [0.4, 0.5) is 11.8 Å². The van der Waals surface area contributed by atoms with E-state index in [1.54, 1.807) is 23.7 Å². The summed E-state index contributed by atoms with van der Waals surface area (Å²) < 4.78 is 30.8. The van der Waals surface area contributed by atoms with Gasteiger partial charge >= 0.3 is 0 Å². The van der Waals surface area contributed by atoms with Crippen LogP contribution in [0.3, 0.4) is 0 Å². The van der Waals surface area contributed by atoms with Crippen molar-refractivity contribution in [2.24, 2.45) is 0 Å². The number of ether oxygens (including phenoxy) is 1. The molecule has 170 valence electrons. The van der Waals surface area contributed by atoms with Gasteiger partial charge in [-0.1, -0.05) is 0 Å². The third-order valence-corrected chi connectivity index (χ3v) is 8.45. The van der Waals surface area contributed by atoms with Gasteiger partial charge in [0.1, 0.15) is 0 Å². The van der Waals surface area contributed by atoms with Gasteiger partial charge in [0.15, 0.2) is 21.5 Å². The number of hydrogen-bond acceptors (Lipinski definition) is 11. The molecule has 10 nitrogen and oxygen atoms in total. The van der Waals surface area contributed by atoms with Gasteiger partial charge in [0.2, 0.25) is 5.95 Å². The number of nitrogen functional groups attached to an aromatic ring is 1. The van der Waals surface area contributed by atoms with Crippen LogP contribution in [0.2, 0.25) is 0 Å². The van der Waals surface area contributed by atoms with Gasteiger partial charge in [0.25, 0.3) is 0 Å². The van der Waals surface area contributed by atoms with Crippen molar-refractivity contribution in [2.75, 3.05) is 56.2 Å². The highest BCUT2D eigenvalue weighted by atomic mass is 32.2. The standard InChI is InChI=1S/C20H25N7O3S2/c1-32(28,29)15-2-4-26(12-15)10-14-11-27(5-6-30-14)19-17-16(3-7-31-17)24-18(25-19)13-8-22-20(21)23-9-13/h3,7-9,14-15H,2,4-6,10-12H2,1H3,(H2,21,22,23). The minimum Gasteiger partial charge on any atom is -0.373 e. The van der Waals surface area contributed by atoms with E-state index < -0.39 is 9.84 Å². The molecule has 0 amide bonds. The highest BCUT2D eigenvalue weighted by molar-refractivity contribution is 7.91. The molecule has 5 rings (SSSR count). The lowest BCUT2D eigenvalue weighted by atomic mass is 10.2. The fourth-order valence-corrected chi connectivity index (χ4v) is 6.13. The number of rotatable bonds is 5. The normalized spacial score (nSPS) is 22.6. The molecule has 0 radical (unpaired) electrons. The number of aromatic nitrogens is 4. The molecule has 2 fully saturated rings. The maximum absolute atomic E-state index is 11.9. The first-order valence-electron chi connectivity index (χ1n) is 10.5. The molecule has 2 atom stereocenters.